The third-order valence-corrected chi connectivity index (χ3v) is 4.32. The van der Waals surface area contributed by atoms with Crippen molar-refractivity contribution in [2.24, 2.45) is 5.84 Å². The van der Waals surface area contributed by atoms with Gasteiger partial charge in [0.2, 0.25) is 0 Å². The molecule has 3 N–H and O–H groups in total. The van der Waals surface area contributed by atoms with Crippen molar-refractivity contribution in [3.05, 3.63) is 38.8 Å². The second-order valence-corrected chi connectivity index (χ2v) is 5.52. The minimum absolute atomic E-state index is 0.160. The first-order valence-corrected chi connectivity index (χ1v) is 7.15. The van der Waals surface area contributed by atoms with Crippen molar-refractivity contribution >= 4 is 22.9 Å². The Bertz CT molecular complexity index is 540. The fraction of sp³-hybridized carbons (Fsp3) is 0.417. The van der Waals surface area contributed by atoms with E-state index in [0.29, 0.717) is 18.2 Å². The minimum Gasteiger partial charge on any atom is -0.383 e. The van der Waals surface area contributed by atoms with Crippen molar-refractivity contribution < 1.29 is 4.74 Å². The Morgan fingerprint density at radius 2 is 2.42 bits per heavy atom. The second-order valence-electron chi connectivity index (χ2n) is 4.16. The fourth-order valence-corrected chi connectivity index (χ4v) is 3.21. The first-order chi connectivity index (χ1) is 9.19. The van der Waals surface area contributed by atoms with Gasteiger partial charge < -0.3 is 4.74 Å². The van der Waals surface area contributed by atoms with Gasteiger partial charge in [-0.1, -0.05) is 11.6 Å². The summed E-state index contributed by atoms with van der Waals surface area (Å²) in [6, 6.07) is 1.90. The molecule has 0 saturated heterocycles. The van der Waals surface area contributed by atoms with E-state index in [1.807, 2.05) is 10.1 Å². The molecule has 0 spiro atoms. The van der Waals surface area contributed by atoms with Crippen LogP contribution in [0.5, 0.6) is 0 Å². The maximum atomic E-state index is 6.25. The molecule has 7 heteroatoms. The number of hydrogen-bond acceptors (Lipinski definition) is 5. The molecule has 19 heavy (non-hydrogen) atoms. The molecule has 2 heterocycles. The Labute approximate surface area is 121 Å². The van der Waals surface area contributed by atoms with E-state index < -0.39 is 0 Å². The van der Waals surface area contributed by atoms with E-state index in [1.54, 1.807) is 24.6 Å². The first-order valence-electron chi connectivity index (χ1n) is 5.89. The van der Waals surface area contributed by atoms with Crippen LogP contribution in [0.1, 0.15) is 22.2 Å². The highest BCUT2D eigenvalue weighted by atomic mass is 35.5. The lowest BCUT2D eigenvalue weighted by Gasteiger charge is -2.18. The van der Waals surface area contributed by atoms with Crippen LogP contribution >= 0.6 is 22.9 Å². The Morgan fingerprint density at radius 3 is 3.00 bits per heavy atom. The number of hydrazine groups is 1. The molecule has 2 aromatic heterocycles. The van der Waals surface area contributed by atoms with Gasteiger partial charge in [0.05, 0.1) is 36.1 Å². The standard InChI is InChI=1S/C12H17ClN4OS/c1-8-3-6-19-12(8)10(16-14)11-9(13)7-15-17(11)4-5-18-2/h3,6-7,10,16H,4-5,14H2,1-2H3. The number of aryl methyl sites for hydroxylation is 1. The Kier molecular flexibility index (Phi) is 4.95. The van der Waals surface area contributed by atoms with Gasteiger partial charge in [0.1, 0.15) is 0 Å². The molecule has 2 rings (SSSR count). The number of aromatic nitrogens is 2. The largest absolute Gasteiger partial charge is 0.383 e. The lowest BCUT2D eigenvalue weighted by Crippen LogP contribution is -2.31. The summed E-state index contributed by atoms with van der Waals surface area (Å²) in [4.78, 5) is 1.14. The molecule has 5 nitrogen and oxygen atoms in total. The molecule has 0 saturated carbocycles. The van der Waals surface area contributed by atoms with Gasteiger partial charge in [-0.15, -0.1) is 11.3 Å². The van der Waals surface area contributed by atoms with E-state index in [0.717, 1.165) is 10.6 Å². The van der Waals surface area contributed by atoms with Gasteiger partial charge in [0, 0.05) is 12.0 Å². The van der Waals surface area contributed by atoms with E-state index in [-0.39, 0.29) is 6.04 Å². The Balaban J connectivity index is 2.38. The number of nitrogens with zero attached hydrogens (tertiary/aromatic N) is 2. The number of rotatable bonds is 6. The highest BCUT2D eigenvalue weighted by Crippen LogP contribution is 2.32. The maximum absolute atomic E-state index is 6.25. The van der Waals surface area contributed by atoms with Gasteiger partial charge in [0.25, 0.3) is 0 Å². The summed E-state index contributed by atoms with van der Waals surface area (Å²) in [5.41, 5.74) is 4.88. The smallest absolute Gasteiger partial charge is 0.0987 e. The molecule has 0 bridgehead atoms. The van der Waals surface area contributed by atoms with Crippen LogP contribution in [0, 0.1) is 6.92 Å². The van der Waals surface area contributed by atoms with Crippen LogP contribution in [0.4, 0.5) is 0 Å². The molecule has 2 aromatic rings. The molecule has 0 aliphatic heterocycles. The van der Waals surface area contributed by atoms with Crippen LogP contribution in [-0.4, -0.2) is 23.5 Å². The molecule has 0 aliphatic rings. The van der Waals surface area contributed by atoms with Gasteiger partial charge in [-0.3, -0.25) is 10.5 Å². The SMILES string of the molecule is COCCn1ncc(Cl)c1C(NN)c1sccc1C. The van der Waals surface area contributed by atoms with E-state index in [2.05, 4.69) is 23.5 Å². The molecular formula is C12H17ClN4OS. The third kappa shape index (κ3) is 2.98. The third-order valence-electron chi connectivity index (χ3n) is 2.94. The maximum Gasteiger partial charge on any atom is 0.0987 e. The highest BCUT2D eigenvalue weighted by molar-refractivity contribution is 7.10. The second kappa shape index (κ2) is 6.49. The quantitative estimate of drug-likeness (QED) is 0.633. The predicted molar refractivity (Wildman–Crippen MR) is 77.3 cm³/mol. The van der Waals surface area contributed by atoms with Gasteiger partial charge in [-0.25, -0.2) is 5.43 Å². The Morgan fingerprint density at radius 1 is 1.63 bits per heavy atom. The van der Waals surface area contributed by atoms with Crippen molar-refractivity contribution in [3.63, 3.8) is 0 Å². The molecule has 104 valence electrons. The van der Waals surface area contributed by atoms with E-state index in [9.17, 15) is 0 Å². The molecule has 0 radical (unpaired) electrons. The van der Waals surface area contributed by atoms with E-state index >= 15 is 0 Å². The van der Waals surface area contributed by atoms with E-state index in [1.165, 1.54) is 5.56 Å². The number of hydrogen-bond donors (Lipinski definition) is 2. The number of ether oxygens (including phenoxy) is 1. The zero-order chi connectivity index (χ0) is 13.8. The van der Waals surface area contributed by atoms with Crippen molar-refractivity contribution in [1.29, 1.82) is 0 Å². The van der Waals surface area contributed by atoms with Gasteiger partial charge in [-0.2, -0.15) is 5.10 Å². The highest BCUT2D eigenvalue weighted by Gasteiger charge is 2.23. The zero-order valence-electron chi connectivity index (χ0n) is 10.9. The van der Waals surface area contributed by atoms with Gasteiger partial charge >= 0.3 is 0 Å². The van der Waals surface area contributed by atoms with Crippen LogP contribution in [0.2, 0.25) is 5.02 Å². The van der Waals surface area contributed by atoms with Crippen LogP contribution < -0.4 is 11.3 Å². The summed E-state index contributed by atoms with van der Waals surface area (Å²) < 4.78 is 6.91. The summed E-state index contributed by atoms with van der Waals surface area (Å²) in [5, 5.41) is 6.92. The first kappa shape index (κ1) is 14.5. The monoisotopic (exact) mass is 300 g/mol. The molecule has 0 amide bonds. The number of methoxy groups -OCH3 is 1. The lowest BCUT2D eigenvalue weighted by molar-refractivity contribution is 0.182. The summed E-state index contributed by atoms with van der Waals surface area (Å²) in [7, 11) is 1.66. The molecule has 0 fully saturated rings. The fourth-order valence-electron chi connectivity index (χ4n) is 1.97. The van der Waals surface area contributed by atoms with Crippen LogP contribution in [0.15, 0.2) is 17.6 Å². The van der Waals surface area contributed by atoms with Gasteiger partial charge in [-0.05, 0) is 23.9 Å². The molecular weight excluding hydrogens is 284 g/mol. The van der Waals surface area contributed by atoms with Crippen LogP contribution in [0.25, 0.3) is 0 Å². The molecule has 0 aromatic carbocycles. The van der Waals surface area contributed by atoms with Gasteiger partial charge in [0.15, 0.2) is 0 Å². The van der Waals surface area contributed by atoms with Crippen molar-refractivity contribution in [2.45, 2.75) is 19.5 Å². The average molecular weight is 301 g/mol. The minimum atomic E-state index is -0.160. The van der Waals surface area contributed by atoms with Crippen molar-refractivity contribution in [2.75, 3.05) is 13.7 Å². The Hall–Kier alpha value is -0.920. The number of nitrogens with one attached hydrogen (secondary N) is 1. The average Bonchev–Trinajstić information content (AvgIpc) is 2.97. The van der Waals surface area contributed by atoms with E-state index in [4.69, 9.17) is 22.2 Å². The lowest BCUT2D eigenvalue weighted by atomic mass is 10.1. The van der Waals surface area contributed by atoms with Crippen LogP contribution in [-0.2, 0) is 11.3 Å². The number of halogens is 1. The zero-order valence-corrected chi connectivity index (χ0v) is 12.5. The van der Waals surface area contributed by atoms with Crippen molar-refractivity contribution in [3.8, 4) is 0 Å². The molecule has 0 aliphatic carbocycles. The summed E-state index contributed by atoms with van der Waals surface area (Å²) in [6.07, 6.45) is 1.64. The number of nitrogens with two attached hydrogens (primary N) is 1. The molecule has 1 atom stereocenters. The predicted octanol–water partition coefficient (Wildman–Crippen LogP) is 2.11. The van der Waals surface area contributed by atoms with Crippen molar-refractivity contribution in [1.82, 2.24) is 15.2 Å². The molecule has 1 unspecified atom stereocenters. The normalized spacial score (nSPS) is 12.8. The summed E-state index contributed by atoms with van der Waals surface area (Å²) in [6.45, 7) is 3.27. The summed E-state index contributed by atoms with van der Waals surface area (Å²) in [5.74, 6) is 5.72. The summed E-state index contributed by atoms with van der Waals surface area (Å²) >= 11 is 7.90. The van der Waals surface area contributed by atoms with Crippen LogP contribution in [0.3, 0.4) is 0 Å². The topological polar surface area (TPSA) is 65.1 Å². The number of thiophene rings is 1.